The number of aryl methyl sites for hydroxylation is 1. The van der Waals surface area contributed by atoms with E-state index in [0.717, 1.165) is 50.4 Å². The Morgan fingerprint density at radius 3 is 2.66 bits per heavy atom. The zero-order chi connectivity index (χ0) is 22.3. The zero-order valence-corrected chi connectivity index (χ0v) is 19.2. The van der Waals surface area contributed by atoms with Crippen molar-refractivity contribution < 1.29 is 9.18 Å². The number of rotatable bonds is 3. The largest absolute Gasteiger partial charge is 0.353 e. The van der Waals surface area contributed by atoms with Gasteiger partial charge in [-0.2, -0.15) is 0 Å². The van der Waals surface area contributed by atoms with Gasteiger partial charge in [0.25, 0.3) is 0 Å². The van der Waals surface area contributed by atoms with Crippen molar-refractivity contribution in [3.8, 4) is 0 Å². The van der Waals surface area contributed by atoms with Crippen molar-refractivity contribution in [3.63, 3.8) is 0 Å². The predicted octanol–water partition coefficient (Wildman–Crippen LogP) is 3.29. The van der Waals surface area contributed by atoms with Gasteiger partial charge in [0, 0.05) is 37.4 Å². The molecule has 1 unspecified atom stereocenters. The number of aromatic nitrogens is 2. The SMILES string of the molecule is CC1CCc2ncnc(N3CCN(C(=O)C4(c5ccc(Cl)c(F)c5)CCNCC4)CC3)c21. The first kappa shape index (κ1) is 21.6. The Balaban J connectivity index is 1.36. The van der Waals surface area contributed by atoms with Crippen LogP contribution in [0.2, 0.25) is 5.02 Å². The molecule has 2 saturated heterocycles. The van der Waals surface area contributed by atoms with Crippen molar-refractivity contribution in [2.75, 3.05) is 44.2 Å². The van der Waals surface area contributed by atoms with Gasteiger partial charge in [-0.15, -0.1) is 0 Å². The highest BCUT2D eigenvalue weighted by molar-refractivity contribution is 6.30. The maximum Gasteiger partial charge on any atom is 0.233 e. The van der Waals surface area contributed by atoms with E-state index in [1.807, 2.05) is 11.0 Å². The van der Waals surface area contributed by atoms with Crippen molar-refractivity contribution >= 4 is 23.3 Å². The number of halogens is 2. The summed E-state index contributed by atoms with van der Waals surface area (Å²) in [5.74, 6) is 1.13. The molecule has 1 aliphatic carbocycles. The van der Waals surface area contributed by atoms with E-state index in [2.05, 4.69) is 27.1 Å². The van der Waals surface area contributed by atoms with E-state index in [4.69, 9.17) is 11.6 Å². The summed E-state index contributed by atoms with van der Waals surface area (Å²) in [4.78, 5) is 27.2. The fourth-order valence-corrected chi connectivity index (χ4v) is 5.69. The molecule has 6 nitrogen and oxygen atoms in total. The van der Waals surface area contributed by atoms with Crippen LogP contribution in [0.4, 0.5) is 10.2 Å². The van der Waals surface area contributed by atoms with E-state index in [1.165, 1.54) is 17.3 Å². The third kappa shape index (κ3) is 3.65. The van der Waals surface area contributed by atoms with E-state index in [9.17, 15) is 9.18 Å². The van der Waals surface area contributed by atoms with E-state index in [-0.39, 0.29) is 10.9 Å². The number of hydrogen-bond acceptors (Lipinski definition) is 5. The van der Waals surface area contributed by atoms with E-state index >= 15 is 0 Å². The summed E-state index contributed by atoms with van der Waals surface area (Å²) in [6, 6.07) is 4.84. The smallest absolute Gasteiger partial charge is 0.233 e. The summed E-state index contributed by atoms with van der Waals surface area (Å²) in [5, 5.41) is 3.43. The number of carbonyl (C=O) groups is 1. The molecule has 8 heteroatoms. The molecule has 32 heavy (non-hydrogen) atoms. The first-order valence-electron chi connectivity index (χ1n) is 11.5. The Kier molecular flexibility index (Phi) is 5.80. The average Bonchev–Trinajstić information content (AvgIpc) is 3.22. The van der Waals surface area contributed by atoms with Gasteiger partial charge in [0.05, 0.1) is 10.4 Å². The molecule has 0 radical (unpaired) electrons. The topological polar surface area (TPSA) is 61.4 Å². The second-order valence-corrected chi connectivity index (χ2v) is 9.64. The molecule has 1 aromatic heterocycles. The zero-order valence-electron chi connectivity index (χ0n) is 18.4. The quantitative estimate of drug-likeness (QED) is 0.766. The van der Waals surface area contributed by atoms with Crippen LogP contribution in [0.5, 0.6) is 0 Å². The third-order valence-electron chi connectivity index (χ3n) is 7.46. The normalized spacial score (nSPS) is 22.7. The lowest BCUT2D eigenvalue weighted by Crippen LogP contribution is -2.57. The van der Waals surface area contributed by atoms with Gasteiger partial charge in [0.2, 0.25) is 5.91 Å². The Bertz CT molecular complexity index is 1020. The molecule has 0 bridgehead atoms. The average molecular weight is 458 g/mol. The molecule has 2 aliphatic heterocycles. The first-order chi connectivity index (χ1) is 15.5. The van der Waals surface area contributed by atoms with Gasteiger partial charge in [0.1, 0.15) is 18.0 Å². The summed E-state index contributed by atoms with van der Waals surface area (Å²) in [5.41, 5.74) is 2.47. The summed E-state index contributed by atoms with van der Waals surface area (Å²) < 4.78 is 14.3. The Morgan fingerprint density at radius 2 is 1.94 bits per heavy atom. The van der Waals surface area contributed by atoms with Crippen LogP contribution in [0.15, 0.2) is 24.5 Å². The molecular formula is C24H29ClFN5O. The Morgan fingerprint density at radius 1 is 1.19 bits per heavy atom. The minimum atomic E-state index is -0.705. The number of amides is 1. The van der Waals surface area contributed by atoms with Crippen LogP contribution in [0.25, 0.3) is 0 Å². The molecule has 0 saturated carbocycles. The number of anilines is 1. The molecule has 2 fully saturated rings. The minimum absolute atomic E-state index is 0.0884. The molecule has 5 rings (SSSR count). The molecule has 3 aliphatic rings. The summed E-state index contributed by atoms with van der Waals surface area (Å²) in [6.45, 7) is 6.47. The van der Waals surface area contributed by atoms with Gasteiger partial charge in [-0.05, 0) is 62.4 Å². The number of nitrogens with one attached hydrogen (secondary N) is 1. The highest BCUT2D eigenvalue weighted by Crippen LogP contribution is 2.39. The monoisotopic (exact) mass is 457 g/mol. The highest BCUT2D eigenvalue weighted by atomic mass is 35.5. The number of piperazine rings is 1. The van der Waals surface area contributed by atoms with Crippen LogP contribution in [-0.2, 0) is 16.6 Å². The van der Waals surface area contributed by atoms with E-state index < -0.39 is 11.2 Å². The van der Waals surface area contributed by atoms with Crippen LogP contribution in [-0.4, -0.2) is 60.0 Å². The summed E-state index contributed by atoms with van der Waals surface area (Å²) in [6.07, 6.45) is 5.11. The lowest BCUT2D eigenvalue weighted by molar-refractivity contribution is -0.139. The maximum absolute atomic E-state index is 14.3. The molecule has 170 valence electrons. The van der Waals surface area contributed by atoms with Crippen LogP contribution in [0.1, 0.15) is 48.9 Å². The van der Waals surface area contributed by atoms with Crippen molar-refractivity contribution in [3.05, 3.63) is 52.2 Å². The Hall–Kier alpha value is -2.25. The predicted molar refractivity (Wildman–Crippen MR) is 123 cm³/mol. The van der Waals surface area contributed by atoms with Gasteiger partial charge in [0.15, 0.2) is 0 Å². The lowest BCUT2D eigenvalue weighted by Gasteiger charge is -2.43. The number of carbonyl (C=O) groups excluding carboxylic acids is 1. The summed E-state index contributed by atoms with van der Waals surface area (Å²) in [7, 11) is 0. The molecule has 1 atom stereocenters. The lowest BCUT2D eigenvalue weighted by atomic mass is 9.72. The standard InChI is InChI=1S/C24H29ClFN5O/c1-16-2-5-20-21(16)22(29-15-28-20)30-10-12-31(13-11-30)23(32)24(6-8-27-9-7-24)17-3-4-18(25)19(26)14-17/h3-4,14-16,27H,2,5-13H2,1H3. The van der Waals surface area contributed by atoms with Gasteiger partial charge < -0.3 is 15.1 Å². The van der Waals surface area contributed by atoms with Gasteiger partial charge in [-0.1, -0.05) is 24.6 Å². The highest BCUT2D eigenvalue weighted by Gasteiger charge is 2.44. The van der Waals surface area contributed by atoms with Gasteiger partial charge >= 0.3 is 0 Å². The van der Waals surface area contributed by atoms with E-state index in [0.29, 0.717) is 31.8 Å². The fraction of sp³-hybridized carbons (Fsp3) is 0.542. The second-order valence-electron chi connectivity index (χ2n) is 9.24. The third-order valence-corrected chi connectivity index (χ3v) is 7.76. The van der Waals surface area contributed by atoms with Crippen molar-refractivity contribution in [2.45, 2.75) is 43.9 Å². The van der Waals surface area contributed by atoms with Crippen molar-refractivity contribution in [1.82, 2.24) is 20.2 Å². The van der Waals surface area contributed by atoms with Crippen LogP contribution >= 0.6 is 11.6 Å². The number of nitrogens with zero attached hydrogens (tertiary/aromatic N) is 4. The van der Waals surface area contributed by atoms with Crippen LogP contribution in [0, 0.1) is 5.82 Å². The molecule has 1 N–H and O–H groups in total. The molecular weight excluding hydrogens is 429 g/mol. The number of fused-ring (bicyclic) bond motifs is 1. The van der Waals surface area contributed by atoms with E-state index in [1.54, 1.807) is 12.4 Å². The Labute approximate surface area is 193 Å². The van der Waals surface area contributed by atoms with Crippen LogP contribution in [0.3, 0.4) is 0 Å². The molecule has 1 amide bonds. The van der Waals surface area contributed by atoms with Crippen molar-refractivity contribution in [1.29, 1.82) is 0 Å². The van der Waals surface area contributed by atoms with Crippen LogP contribution < -0.4 is 10.2 Å². The molecule has 0 spiro atoms. The molecule has 2 aromatic rings. The fourth-order valence-electron chi connectivity index (χ4n) is 5.57. The maximum atomic E-state index is 14.3. The number of hydrogen-bond donors (Lipinski definition) is 1. The van der Waals surface area contributed by atoms with Gasteiger partial charge in [-0.25, -0.2) is 14.4 Å². The minimum Gasteiger partial charge on any atom is -0.353 e. The molecule has 3 heterocycles. The van der Waals surface area contributed by atoms with Gasteiger partial charge in [-0.3, -0.25) is 4.79 Å². The number of piperidine rings is 1. The van der Waals surface area contributed by atoms with Crippen molar-refractivity contribution in [2.24, 2.45) is 0 Å². The second kappa shape index (κ2) is 8.60. The molecule has 1 aromatic carbocycles. The first-order valence-corrected chi connectivity index (χ1v) is 11.9. The number of benzene rings is 1. The summed E-state index contributed by atoms with van der Waals surface area (Å²) >= 11 is 5.92.